The molecule has 23 heavy (non-hydrogen) atoms. The number of anilines is 1. The molecular weight excluding hydrogens is 405 g/mol. The summed E-state index contributed by atoms with van der Waals surface area (Å²) in [5.41, 5.74) is 1.13. The van der Waals surface area contributed by atoms with E-state index in [1.807, 2.05) is 0 Å². The number of carbonyl (C=O) groups is 2. The Morgan fingerprint density at radius 1 is 1.17 bits per heavy atom. The summed E-state index contributed by atoms with van der Waals surface area (Å²) in [6.07, 6.45) is 0. The van der Waals surface area contributed by atoms with Crippen molar-refractivity contribution in [2.24, 2.45) is 0 Å². The van der Waals surface area contributed by atoms with Crippen molar-refractivity contribution in [1.82, 2.24) is 0 Å². The van der Waals surface area contributed by atoms with Crippen molar-refractivity contribution in [3.05, 3.63) is 62.0 Å². The van der Waals surface area contributed by atoms with Crippen LogP contribution in [0.2, 0.25) is 10.0 Å². The van der Waals surface area contributed by atoms with Crippen LogP contribution in [0, 0.1) is 0 Å². The molecule has 2 aromatic rings. The number of rotatable bonds is 4. The first kappa shape index (κ1) is 17.8. The SMILES string of the molecule is CC(=O)Nc1ccc(Br)cc1C(=O)OCc1c(Cl)cccc1Cl. The van der Waals surface area contributed by atoms with Crippen LogP contribution >= 0.6 is 39.1 Å². The molecule has 0 aliphatic rings. The molecule has 1 N–H and O–H groups in total. The van der Waals surface area contributed by atoms with Crippen LogP contribution in [0.1, 0.15) is 22.8 Å². The molecule has 120 valence electrons. The van der Waals surface area contributed by atoms with Gasteiger partial charge in [0.05, 0.1) is 11.3 Å². The van der Waals surface area contributed by atoms with Gasteiger partial charge in [-0.25, -0.2) is 4.79 Å². The highest BCUT2D eigenvalue weighted by Gasteiger charge is 2.16. The third-order valence-electron chi connectivity index (χ3n) is 2.92. The largest absolute Gasteiger partial charge is 0.457 e. The van der Waals surface area contributed by atoms with Gasteiger partial charge < -0.3 is 10.1 Å². The van der Waals surface area contributed by atoms with E-state index in [9.17, 15) is 9.59 Å². The average molecular weight is 417 g/mol. The van der Waals surface area contributed by atoms with E-state index in [4.69, 9.17) is 27.9 Å². The van der Waals surface area contributed by atoms with Crippen LogP contribution in [-0.4, -0.2) is 11.9 Å². The lowest BCUT2D eigenvalue weighted by atomic mass is 10.1. The summed E-state index contributed by atoms with van der Waals surface area (Å²) in [7, 11) is 0. The smallest absolute Gasteiger partial charge is 0.340 e. The monoisotopic (exact) mass is 415 g/mol. The quantitative estimate of drug-likeness (QED) is 0.707. The van der Waals surface area contributed by atoms with Crippen molar-refractivity contribution in [3.8, 4) is 0 Å². The number of hydrogen-bond acceptors (Lipinski definition) is 3. The van der Waals surface area contributed by atoms with Crippen molar-refractivity contribution < 1.29 is 14.3 Å². The van der Waals surface area contributed by atoms with Gasteiger partial charge in [-0.2, -0.15) is 0 Å². The van der Waals surface area contributed by atoms with Crippen molar-refractivity contribution in [2.75, 3.05) is 5.32 Å². The summed E-state index contributed by atoms with van der Waals surface area (Å²) in [5.74, 6) is -0.874. The highest BCUT2D eigenvalue weighted by atomic mass is 79.9. The van der Waals surface area contributed by atoms with Gasteiger partial charge in [-0.3, -0.25) is 4.79 Å². The molecule has 0 aliphatic heterocycles. The number of hydrogen-bond donors (Lipinski definition) is 1. The van der Waals surface area contributed by atoms with Crippen LogP contribution in [0.4, 0.5) is 5.69 Å². The van der Waals surface area contributed by atoms with Crippen LogP contribution in [0.25, 0.3) is 0 Å². The van der Waals surface area contributed by atoms with E-state index in [1.54, 1.807) is 36.4 Å². The third-order valence-corrected chi connectivity index (χ3v) is 4.12. The number of halogens is 3. The molecule has 7 heteroatoms. The predicted octanol–water partition coefficient (Wildman–Crippen LogP) is 5.07. The summed E-state index contributed by atoms with van der Waals surface area (Å²) in [4.78, 5) is 23.5. The van der Waals surface area contributed by atoms with Gasteiger partial charge in [0.25, 0.3) is 0 Å². The van der Waals surface area contributed by atoms with Gasteiger partial charge >= 0.3 is 5.97 Å². The molecule has 0 radical (unpaired) electrons. The average Bonchev–Trinajstić information content (AvgIpc) is 2.48. The molecule has 4 nitrogen and oxygen atoms in total. The fourth-order valence-corrected chi connectivity index (χ4v) is 2.74. The van der Waals surface area contributed by atoms with Gasteiger partial charge in [-0.15, -0.1) is 0 Å². The molecule has 0 saturated heterocycles. The predicted molar refractivity (Wildman–Crippen MR) is 94.0 cm³/mol. The van der Waals surface area contributed by atoms with Crippen LogP contribution in [0.3, 0.4) is 0 Å². The summed E-state index contributed by atoms with van der Waals surface area (Å²) < 4.78 is 5.96. The zero-order chi connectivity index (χ0) is 17.0. The lowest BCUT2D eigenvalue weighted by Gasteiger charge is -2.12. The minimum atomic E-state index is -0.592. The topological polar surface area (TPSA) is 55.4 Å². The molecule has 0 spiro atoms. The molecule has 0 heterocycles. The molecule has 0 aliphatic carbocycles. The second-order valence-corrected chi connectivity index (χ2v) is 6.38. The van der Waals surface area contributed by atoms with E-state index in [1.165, 1.54) is 6.92 Å². The van der Waals surface area contributed by atoms with Crippen molar-refractivity contribution >= 4 is 56.7 Å². The van der Waals surface area contributed by atoms with E-state index in [-0.39, 0.29) is 18.1 Å². The van der Waals surface area contributed by atoms with E-state index in [0.717, 1.165) is 0 Å². The van der Waals surface area contributed by atoms with Crippen molar-refractivity contribution in [3.63, 3.8) is 0 Å². The van der Waals surface area contributed by atoms with Gasteiger partial charge in [-0.1, -0.05) is 45.2 Å². The maximum atomic E-state index is 12.3. The Bertz CT molecular complexity index is 745. The van der Waals surface area contributed by atoms with Gasteiger partial charge in [0, 0.05) is 27.0 Å². The van der Waals surface area contributed by atoms with Gasteiger partial charge in [0.2, 0.25) is 5.91 Å². The molecule has 0 aromatic heterocycles. The lowest BCUT2D eigenvalue weighted by Crippen LogP contribution is -2.13. The number of nitrogens with one attached hydrogen (secondary N) is 1. The molecule has 0 fully saturated rings. The molecule has 0 saturated carbocycles. The third kappa shape index (κ3) is 4.70. The highest BCUT2D eigenvalue weighted by molar-refractivity contribution is 9.10. The van der Waals surface area contributed by atoms with Crippen LogP contribution in [-0.2, 0) is 16.1 Å². The van der Waals surface area contributed by atoms with Gasteiger partial charge in [-0.05, 0) is 30.3 Å². The lowest BCUT2D eigenvalue weighted by molar-refractivity contribution is -0.114. The Balaban J connectivity index is 2.21. The zero-order valence-electron chi connectivity index (χ0n) is 12.0. The Morgan fingerprint density at radius 2 is 1.83 bits per heavy atom. The minimum Gasteiger partial charge on any atom is -0.457 e. The van der Waals surface area contributed by atoms with Crippen molar-refractivity contribution in [2.45, 2.75) is 13.5 Å². The highest BCUT2D eigenvalue weighted by Crippen LogP contribution is 2.26. The molecule has 0 bridgehead atoms. The summed E-state index contributed by atoms with van der Waals surface area (Å²) in [6.45, 7) is 1.30. The number of carbonyl (C=O) groups excluding carboxylic acids is 2. The molecule has 2 aromatic carbocycles. The number of amides is 1. The molecule has 2 rings (SSSR count). The molecule has 0 atom stereocenters. The Labute approximate surface area is 151 Å². The maximum absolute atomic E-state index is 12.3. The fourth-order valence-electron chi connectivity index (χ4n) is 1.87. The van der Waals surface area contributed by atoms with Crippen LogP contribution in [0.5, 0.6) is 0 Å². The van der Waals surface area contributed by atoms with Crippen LogP contribution < -0.4 is 5.32 Å². The first-order valence-corrected chi connectivity index (χ1v) is 8.10. The number of ether oxygens (including phenoxy) is 1. The van der Waals surface area contributed by atoms with E-state index >= 15 is 0 Å². The molecule has 1 amide bonds. The normalized spacial score (nSPS) is 10.3. The second-order valence-electron chi connectivity index (χ2n) is 4.65. The summed E-state index contributed by atoms with van der Waals surface area (Å²) in [5, 5.41) is 3.43. The van der Waals surface area contributed by atoms with Crippen molar-refractivity contribution in [1.29, 1.82) is 0 Å². The summed E-state index contributed by atoms with van der Waals surface area (Å²) >= 11 is 15.4. The zero-order valence-corrected chi connectivity index (χ0v) is 15.1. The number of benzene rings is 2. The van der Waals surface area contributed by atoms with Gasteiger partial charge in [0.15, 0.2) is 0 Å². The first-order chi connectivity index (χ1) is 10.9. The molecule has 0 unspecified atom stereocenters. The second kappa shape index (κ2) is 7.81. The van der Waals surface area contributed by atoms with E-state index < -0.39 is 5.97 Å². The fraction of sp³-hybridized carbons (Fsp3) is 0.125. The van der Waals surface area contributed by atoms with E-state index in [0.29, 0.717) is 25.8 Å². The Hall–Kier alpha value is -1.56. The summed E-state index contributed by atoms with van der Waals surface area (Å²) in [6, 6.07) is 9.94. The van der Waals surface area contributed by atoms with Gasteiger partial charge in [0.1, 0.15) is 6.61 Å². The Kier molecular flexibility index (Phi) is 6.04. The van der Waals surface area contributed by atoms with E-state index in [2.05, 4.69) is 21.2 Å². The molecular formula is C16H12BrCl2NO3. The minimum absolute atomic E-state index is 0.0661. The standard InChI is InChI=1S/C16H12BrCl2NO3/c1-9(21)20-15-6-5-10(17)7-11(15)16(22)23-8-12-13(18)3-2-4-14(12)19/h2-7H,8H2,1H3,(H,20,21). The first-order valence-electron chi connectivity index (χ1n) is 6.55. The maximum Gasteiger partial charge on any atom is 0.340 e. The van der Waals surface area contributed by atoms with Crippen LogP contribution in [0.15, 0.2) is 40.9 Å². The number of esters is 1. The Morgan fingerprint density at radius 3 is 2.43 bits per heavy atom.